The first-order valence-electron chi connectivity index (χ1n) is 5.82. The average molecular weight is 317 g/mol. The summed E-state index contributed by atoms with van der Waals surface area (Å²) in [6, 6.07) is 0. The first kappa shape index (κ1) is 13.5. The molecule has 1 aliphatic rings. The minimum Gasteiger partial charge on any atom is -0.480 e. The molecular weight excluding hydrogens is 300 g/mol. The van der Waals surface area contributed by atoms with Gasteiger partial charge in [0.25, 0.3) is 0 Å². The van der Waals surface area contributed by atoms with E-state index in [0.29, 0.717) is 31.6 Å². The molecule has 0 unspecified atom stereocenters. The monoisotopic (exact) mass is 316 g/mol. The predicted molar refractivity (Wildman–Crippen MR) is 71.7 cm³/mol. The van der Waals surface area contributed by atoms with Crippen LogP contribution < -0.4 is 15.8 Å². The van der Waals surface area contributed by atoms with Crippen molar-refractivity contribution in [2.75, 3.05) is 32.2 Å². The number of nitrogens with one attached hydrogen (secondary N) is 1. The number of rotatable bonds is 4. The number of anilines is 1. The highest BCUT2D eigenvalue weighted by atomic mass is 79.9. The van der Waals surface area contributed by atoms with Crippen molar-refractivity contribution in [1.82, 2.24) is 9.97 Å². The highest BCUT2D eigenvalue weighted by Gasteiger charge is 2.32. The molecule has 0 saturated carbocycles. The molecule has 1 aliphatic heterocycles. The fraction of sp³-hybridized carbons (Fsp3) is 0.636. The van der Waals surface area contributed by atoms with Crippen LogP contribution in [0.2, 0.25) is 0 Å². The van der Waals surface area contributed by atoms with Gasteiger partial charge in [0.1, 0.15) is 0 Å². The van der Waals surface area contributed by atoms with Crippen LogP contribution in [0.15, 0.2) is 10.7 Å². The lowest BCUT2D eigenvalue weighted by molar-refractivity contribution is 0.0625. The van der Waals surface area contributed by atoms with E-state index in [0.717, 1.165) is 17.3 Å². The van der Waals surface area contributed by atoms with Crippen LogP contribution in [0.3, 0.4) is 0 Å². The van der Waals surface area contributed by atoms with Crippen LogP contribution in [0.5, 0.6) is 5.88 Å². The van der Waals surface area contributed by atoms with Gasteiger partial charge in [0, 0.05) is 19.8 Å². The van der Waals surface area contributed by atoms with Gasteiger partial charge < -0.3 is 20.5 Å². The van der Waals surface area contributed by atoms with Gasteiger partial charge in [-0.1, -0.05) is 0 Å². The lowest BCUT2D eigenvalue weighted by Crippen LogP contribution is -2.50. The van der Waals surface area contributed by atoms with Crippen molar-refractivity contribution in [1.29, 1.82) is 0 Å². The van der Waals surface area contributed by atoms with E-state index in [1.165, 1.54) is 0 Å². The van der Waals surface area contributed by atoms with Gasteiger partial charge in [0.15, 0.2) is 0 Å². The number of nitrogens with two attached hydrogens (primary N) is 1. The van der Waals surface area contributed by atoms with Gasteiger partial charge in [-0.15, -0.1) is 0 Å². The van der Waals surface area contributed by atoms with Crippen molar-refractivity contribution in [3.05, 3.63) is 10.7 Å². The number of hydrogen-bond donors (Lipinski definition) is 2. The SMILES string of the molecule is COc1nc(NC2(CN)CCOCC2)ncc1Br. The molecule has 1 aromatic rings. The number of halogens is 1. The highest BCUT2D eigenvalue weighted by Crippen LogP contribution is 2.26. The second-order valence-corrected chi connectivity index (χ2v) is 5.13. The van der Waals surface area contributed by atoms with Crippen molar-refractivity contribution in [3.8, 4) is 5.88 Å². The van der Waals surface area contributed by atoms with Crippen molar-refractivity contribution < 1.29 is 9.47 Å². The molecule has 2 heterocycles. The molecule has 0 aliphatic carbocycles. The Morgan fingerprint density at radius 2 is 2.28 bits per heavy atom. The van der Waals surface area contributed by atoms with Crippen molar-refractivity contribution in [3.63, 3.8) is 0 Å². The summed E-state index contributed by atoms with van der Waals surface area (Å²) >= 11 is 3.32. The van der Waals surface area contributed by atoms with Crippen molar-refractivity contribution in [2.24, 2.45) is 5.73 Å². The number of aromatic nitrogens is 2. The van der Waals surface area contributed by atoms with E-state index in [1.54, 1.807) is 13.3 Å². The normalized spacial score (nSPS) is 18.4. The van der Waals surface area contributed by atoms with Gasteiger partial charge in [-0.3, -0.25) is 0 Å². The molecule has 0 spiro atoms. The molecule has 1 aromatic heterocycles. The second-order valence-electron chi connectivity index (χ2n) is 4.27. The molecule has 100 valence electrons. The van der Waals surface area contributed by atoms with E-state index in [2.05, 4.69) is 31.2 Å². The van der Waals surface area contributed by atoms with Gasteiger partial charge in [0.05, 0.1) is 23.3 Å². The summed E-state index contributed by atoms with van der Waals surface area (Å²) < 4.78 is 11.2. The molecule has 2 rings (SSSR count). The Labute approximate surface area is 114 Å². The Kier molecular flexibility index (Phi) is 4.36. The van der Waals surface area contributed by atoms with Gasteiger partial charge in [0.2, 0.25) is 11.8 Å². The molecule has 1 saturated heterocycles. The molecule has 0 bridgehead atoms. The number of hydrogen-bond acceptors (Lipinski definition) is 6. The lowest BCUT2D eigenvalue weighted by atomic mass is 9.90. The third-order valence-electron chi connectivity index (χ3n) is 3.12. The fourth-order valence-corrected chi connectivity index (χ4v) is 2.29. The van der Waals surface area contributed by atoms with Gasteiger partial charge >= 0.3 is 0 Å². The minimum absolute atomic E-state index is 0.183. The van der Waals surface area contributed by atoms with Crippen molar-refractivity contribution in [2.45, 2.75) is 18.4 Å². The highest BCUT2D eigenvalue weighted by molar-refractivity contribution is 9.10. The molecule has 0 atom stereocenters. The van der Waals surface area contributed by atoms with Crippen molar-refractivity contribution >= 4 is 21.9 Å². The van der Waals surface area contributed by atoms with Crippen LogP contribution >= 0.6 is 15.9 Å². The standard InChI is InChI=1S/C11H17BrN4O2/c1-17-9-8(12)6-14-10(15-9)16-11(7-13)2-4-18-5-3-11/h6H,2-5,7,13H2,1H3,(H,14,15,16). The number of methoxy groups -OCH3 is 1. The molecule has 0 radical (unpaired) electrons. The Morgan fingerprint density at radius 1 is 1.56 bits per heavy atom. The van der Waals surface area contributed by atoms with E-state index < -0.39 is 0 Å². The summed E-state index contributed by atoms with van der Waals surface area (Å²) in [6.07, 6.45) is 3.37. The van der Waals surface area contributed by atoms with Crippen LogP contribution in [0.1, 0.15) is 12.8 Å². The molecule has 7 heteroatoms. The predicted octanol–water partition coefficient (Wildman–Crippen LogP) is 1.17. The van der Waals surface area contributed by atoms with Crippen LogP contribution in [-0.2, 0) is 4.74 Å². The Bertz CT molecular complexity index is 410. The minimum atomic E-state index is -0.183. The van der Waals surface area contributed by atoms with Gasteiger partial charge in [-0.05, 0) is 28.8 Å². The first-order chi connectivity index (χ1) is 8.69. The van der Waals surface area contributed by atoms with E-state index in [1.807, 2.05) is 0 Å². The largest absolute Gasteiger partial charge is 0.480 e. The third-order valence-corrected chi connectivity index (χ3v) is 3.67. The second kappa shape index (κ2) is 5.81. The maximum absolute atomic E-state index is 5.87. The van der Waals surface area contributed by atoms with Crippen LogP contribution in [-0.4, -0.2) is 42.4 Å². The maximum atomic E-state index is 5.87. The van der Waals surface area contributed by atoms with Crippen LogP contribution in [0.25, 0.3) is 0 Å². The third kappa shape index (κ3) is 2.90. The van der Waals surface area contributed by atoms with E-state index in [4.69, 9.17) is 15.2 Å². The zero-order valence-corrected chi connectivity index (χ0v) is 11.9. The Hall–Kier alpha value is -0.920. The molecule has 6 nitrogen and oxygen atoms in total. The zero-order chi connectivity index (χ0) is 13.0. The van der Waals surface area contributed by atoms with Gasteiger partial charge in [-0.2, -0.15) is 4.98 Å². The summed E-state index contributed by atoms with van der Waals surface area (Å²) in [5.41, 5.74) is 5.69. The Morgan fingerprint density at radius 3 is 2.89 bits per heavy atom. The molecule has 18 heavy (non-hydrogen) atoms. The topological polar surface area (TPSA) is 82.3 Å². The van der Waals surface area contributed by atoms with E-state index in [9.17, 15) is 0 Å². The van der Waals surface area contributed by atoms with Gasteiger partial charge in [-0.25, -0.2) is 4.98 Å². The molecule has 3 N–H and O–H groups in total. The maximum Gasteiger partial charge on any atom is 0.232 e. The number of ether oxygens (including phenoxy) is 2. The molecule has 0 aromatic carbocycles. The lowest BCUT2D eigenvalue weighted by Gasteiger charge is -2.36. The van der Waals surface area contributed by atoms with Crippen LogP contribution in [0.4, 0.5) is 5.95 Å². The quantitative estimate of drug-likeness (QED) is 0.867. The average Bonchev–Trinajstić information content (AvgIpc) is 2.42. The van der Waals surface area contributed by atoms with E-state index in [-0.39, 0.29) is 5.54 Å². The molecule has 0 amide bonds. The summed E-state index contributed by atoms with van der Waals surface area (Å²) in [5.74, 6) is 1.04. The van der Waals surface area contributed by atoms with E-state index >= 15 is 0 Å². The molecular formula is C11H17BrN4O2. The summed E-state index contributed by atoms with van der Waals surface area (Å²) in [5, 5.41) is 3.32. The number of nitrogens with zero attached hydrogens (tertiary/aromatic N) is 2. The first-order valence-corrected chi connectivity index (χ1v) is 6.61. The summed E-state index contributed by atoms with van der Waals surface area (Å²) in [6.45, 7) is 1.94. The smallest absolute Gasteiger partial charge is 0.232 e. The fourth-order valence-electron chi connectivity index (χ4n) is 1.93. The summed E-state index contributed by atoms with van der Waals surface area (Å²) in [4.78, 5) is 8.52. The zero-order valence-electron chi connectivity index (χ0n) is 10.3. The van der Waals surface area contributed by atoms with Crippen LogP contribution in [0, 0.1) is 0 Å². The molecule has 1 fully saturated rings. The Balaban J connectivity index is 2.16. The summed E-state index contributed by atoms with van der Waals surface area (Å²) in [7, 11) is 1.57.